The van der Waals surface area contributed by atoms with Crippen molar-refractivity contribution in [1.29, 1.82) is 0 Å². The van der Waals surface area contributed by atoms with Crippen molar-refractivity contribution >= 4 is 17.3 Å². The second-order valence-corrected chi connectivity index (χ2v) is 4.78. The van der Waals surface area contributed by atoms with E-state index in [0.29, 0.717) is 11.1 Å². The molecular formula is C18H18N2O4. The molecule has 0 bridgehead atoms. The molecule has 24 heavy (non-hydrogen) atoms. The molecule has 2 aromatic carbocycles. The average Bonchev–Trinajstić information content (AvgIpc) is 2.56. The fourth-order valence-electron chi connectivity index (χ4n) is 1.91. The third-order valence-electron chi connectivity index (χ3n) is 3.01. The number of hydrogen-bond donors (Lipinski definition) is 0. The number of para-hydroxylation sites is 1. The molecule has 0 fully saturated rings. The zero-order valence-corrected chi connectivity index (χ0v) is 13.5. The van der Waals surface area contributed by atoms with Gasteiger partial charge in [-0.25, -0.2) is 0 Å². The van der Waals surface area contributed by atoms with E-state index in [2.05, 4.69) is 0 Å². The van der Waals surface area contributed by atoms with Gasteiger partial charge in [0.2, 0.25) is 6.20 Å². The van der Waals surface area contributed by atoms with E-state index < -0.39 is 4.92 Å². The number of allylic oxidation sites excluding steroid dienone is 2. The minimum Gasteiger partial charge on any atom is -0.259 e. The van der Waals surface area contributed by atoms with Gasteiger partial charge in [-0.15, -0.1) is 0 Å². The Bertz CT molecular complexity index is 753. The first-order valence-corrected chi connectivity index (χ1v) is 7.19. The van der Waals surface area contributed by atoms with Gasteiger partial charge in [0.15, 0.2) is 0 Å². The van der Waals surface area contributed by atoms with Crippen LogP contribution in [0.4, 0.5) is 5.69 Å². The van der Waals surface area contributed by atoms with E-state index in [1.54, 1.807) is 37.3 Å². The van der Waals surface area contributed by atoms with Crippen LogP contribution in [0.5, 0.6) is 0 Å². The molecule has 6 nitrogen and oxygen atoms in total. The molecule has 2 rings (SSSR count). The zero-order valence-electron chi connectivity index (χ0n) is 13.5. The lowest BCUT2D eigenvalue weighted by atomic mass is 10.1. The SMILES string of the molecule is CC(=C[N+](=O)[O-])c1ccccc1.CC=Cc1ccccc1[N+](=O)[O-]. The molecule has 0 saturated heterocycles. The highest BCUT2D eigenvalue weighted by molar-refractivity contribution is 5.62. The quantitative estimate of drug-likeness (QED) is 0.587. The summed E-state index contributed by atoms with van der Waals surface area (Å²) in [5.41, 5.74) is 2.34. The Kier molecular flexibility index (Phi) is 7.57. The molecule has 0 N–H and O–H groups in total. The maximum Gasteiger partial charge on any atom is 0.276 e. The lowest BCUT2D eigenvalue weighted by Crippen LogP contribution is -1.89. The Balaban J connectivity index is 0.000000240. The second-order valence-electron chi connectivity index (χ2n) is 4.78. The fourth-order valence-corrected chi connectivity index (χ4v) is 1.91. The van der Waals surface area contributed by atoms with Gasteiger partial charge in [-0.1, -0.05) is 54.6 Å². The maximum absolute atomic E-state index is 10.5. The average molecular weight is 326 g/mol. The van der Waals surface area contributed by atoms with E-state index in [4.69, 9.17) is 0 Å². The fraction of sp³-hybridized carbons (Fsp3) is 0.111. The van der Waals surface area contributed by atoms with Gasteiger partial charge in [-0.05, 0) is 25.5 Å². The normalized spacial score (nSPS) is 10.8. The Hall–Kier alpha value is -3.28. The molecule has 0 aliphatic rings. The molecule has 0 aliphatic carbocycles. The lowest BCUT2D eigenvalue weighted by Gasteiger charge is -1.95. The van der Waals surface area contributed by atoms with Crippen molar-refractivity contribution in [2.24, 2.45) is 0 Å². The predicted octanol–water partition coefficient (Wildman–Crippen LogP) is 4.95. The molecule has 0 amide bonds. The number of nitro benzene ring substituents is 1. The molecule has 0 radical (unpaired) electrons. The van der Waals surface area contributed by atoms with Crippen molar-refractivity contribution in [3.8, 4) is 0 Å². The maximum atomic E-state index is 10.5. The van der Waals surface area contributed by atoms with Crippen LogP contribution in [0.25, 0.3) is 11.6 Å². The van der Waals surface area contributed by atoms with Crippen LogP contribution in [0.15, 0.2) is 66.9 Å². The summed E-state index contributed by atoms with van der Waals surface area (Å²) in [5, 5.41) is 20.6. The summed E-state index contributed by atoms with van der Waals surface area (Å²) in [6.07, 6.45) is 4.51. The highest BCUT2D eigenvalue weighted by Gasteiger charge is 2.08. The molecule has 0 atom stereocenters. The van der Waals surface area contributed by atoms with E-state index in [1.165, 1.54) is 6.07 Å². The van der Waals surface area contributed by atoms with Gasteiger partial charge < -0.3 is 0 Å². The van der Waals surface area contributed by atoms with Crippen molar-refractivity contribution in [3.63, 3.8) is 0 Å². The van der Waals surface area contributed by atoms with Gasteiger partial charge in [-0.3, -0.25) is 20.2 Å². The van der Waals surface area contributed by atoms with Crippen LogP contribution >= 0.6 is 0 Å². The number of nitro groups is 2. The first-order valence-electron chi connectivity index (χ1n) is 7.19. The number of benzene rings is 2. The van der Waals surface area contributed by atoms with Crippen LogP contribution < -0.4 is 0 Å². The third kappa shape index (κ3) is 6.23. The highest BCUT2D eigenvalue weighted by atomic mass is 16.6. The smallest absolute Gasteiger partial charge is 0.259 e. The van der Waals surface area contributed by atoms with Gasteiger partial charge in [0.05, 0.1) is 15.4 Å². The van der Waals surface area contributed by atoms with E-state index in [0.717, 1.165) is 11.8 Å². The van der Waals surface area contributed by atoms with Gasteiger partial charge in [0.1, 0.15) is 0 Å². The second kappa shape index (κ2) is 9.68. The summed E-state index contributed by atoms with van der Waals surface area (Å²) in [4.78, 5) is 19.8. The molecule has 0 heterocycles. The van der Waals surface area contributed by atoms with Crippen LogP contribution in [0.3, 0.4) is 0 Å². The third-order valence-corrected chi connectivity index (χ3v) is 3.01. The molecule has 2 aromatic rings. The van der Waals surface area contributed by atoms with Gasteiger partial charge >= 0.3 is 0 Å². The molecule has 124 valence electrons. The molecule has 6 heteroatoms. The molecular weight excluding hydrogens is 308 g/mol. The molecule has 0 aromatic heterocycles. The molecule has 0 aliphatic heterocycles. The summed E-state index contributed by atoms with van der Waals surface area (Å²) in [5.74, 6) is 0. The van der Waals surface area contributed by atoms with Crippen molar-refractivity contribution < 1.29 is 9.85 Å². The van der Waals surface area contributed by atoms with Gasteiger partial charge in [0.25, 0.3) is 5.69 Å². The largest absolute Gasteiger partial charge is 0.276 e. The summed E-state index contributed by atoms with van der Waals surface area (Å²) in [6, 6.07) is 15.9. The Labute approximate surface area is 140 Å². The van der Waals surface area contributed by atoms with Crippen molar-refractivity contribution in [2.75, 3.05) is 0 Å². The van der Waals surface area contributed by atoms with Crippen LogP contribution in [-0.2, 0) is 0 Å². The minimum atomic E-state index is -0.442. The Morgan fingerprint density at radius 3 is 2.08 bits per heavy atom. The number of nitrogens with zero attached hydrogens (tertiary/aromatic N) is 2. The lowest BCUT2D eigenvalue weighted by molar-refractivity contribution is -0.401. The Morgan fingerprint density at radius 2 is 1.54 bits per heavy atom. The van der Waals surface area contributed by atoms with E-state index in [1.807, 2.05) is 37.3 Å². The molecule has 0 unspecified atom stereocenters. The van der Waals surface area contributed by atoms with Gasteiger partial charge in [-0.2, -0.15) is 0 Å². The van der Waals surface area contributed by atoms with E-state index in [-0.39, 0.29) is 10.6 Å². The standard InChI is InChI=1S/2C9H9NO2/c1-8(7-10(11)12)9-5-3-2-4-6-9;1-2-5-8-6-3-4-7-9(8)10(11)12/h2*2-7H,1H3. The van der Waals surface area contributed by atoms with E-state index in [9.17, 15) is 20.2 Å². The summed E-state index contributed by atoms with van der Waals surface area (Å²) in [6.45, 7) is 3.55. The minimum absolute atomic E-state index is 0.149. The van der Waals surface area contributed by atoms with Crippen molar-refractivity contribution in [1.82, 2.24) is 0 Å². The van der Waals surface area contributed by atoms with Gasteiger partial charge in [0, 0.05) is 11.6 Å². The van der Waals surface area contributed by atoms with E-state index >= 15 is 0 Å². The van der Waals surface area contributed by atoms with Crippen LogP contribution in [-0.4, -0.2) is 9.85 Å². The van der Waals surface area contributed by atoms with Crippen LogP contribution in [0, 0.1) is 20.2 Å². The van der Waals surface area contributed by atoms with Crippen LogP contribution in [0.1, 0.15) is 25.0 Å². The van der Waals surface area contributed by atoms with Crippen molar-refractivity contribution in [3.05, 3.63) is 98.2 Å². The van der Waals surface area contributed by atoms with Crippen molar-refractivity contribution in [2.45, 2.75) is 13.8 Å². The topological polar surface area (TPSA) is 86.3 Å². The highest BCUT2D eigenvalue weighted by Crippen LogP contribution is 2.18. The monoisotopic (exact) mass is 326 g/mol. The summed E-state index contributed by atoms with van der Waals surface area (Å²) in [7, 11) is 0. The molecule has 0 spiro atoms. The number of rotatable bonds is 4. The summed E-state index contributed by atoms with van der Waals surface area (Å²) >= 11 is 0. The first kappa shape index (κ1) is 18.8. The predicted molar refractivity (Wildman–Crippen MR) is 94.9 cm³/mol. The first-order chi connectivity index (χ1) is 11.5. The molecule has 0 saturated carbocycles. The van der Waals surface area contributed by atoms with Crippen LogP contribution in [0.2, 0.25) is 0 Å². The summed E-state index contributed by atoms with van der Waals surface area (Å²) < 4.78 is 0. The number of hydrogen-bond acceptors (Lipinski definition) is 4. The Morgan fingerprint density at radius 1 is 0.958 bits per heavy atom. The zero-order chi connectivity index (χ0) is 17.9.